The summed E-state index contributed by atoms with van der Waals surface area (Å²) in [5, 5.41) is 18.4. The van der Waals surface area contributed by atoms with E-state index in [0.29, 0.717) is 12.8 Å². The van der Waals surface area contributed by atoms with Gasteiger partial charge in [0, 0.05) is 5.56 Å². The van der Waals surface area contributed by atoms with Crippen LogP contribution in [0.1, 0.15) is 43.9 Å². The minimum Gasteiger partial charge on any atom is -0.496 e. The molecular formula is C16H26O3. The zero-order valence-corrected chi connectivity index (χ0v) is 12.7. The van der Waals surface area contributed by atoms with Crippen LogP contribution in [-0.4, -0.2) is 30.0 Å². The fourth-order valence-corrected chi connectivity index (χ4v) is 2.25. The van der Waals surface area contributed by atoms with Crippen molar-refractivity contribution < 1.29 is 14.9 Å². The van der Waals surface area contributed by atoms with E-state index in [0.717, 1.165) is 11.3 Å². The van der Waals surface area contributed by atoms with E-state index in [-0.39, 0.29) is 12.0 Å². The van der Waals surface area contributed by atoms with Crippen LogP contribution in [-0.2, 0) is 11.8 Å². The normalized spacial score (nSPS) is 13.4. The molecule has 3 heteroatoms. The Morgan fingerprint density at radius 3 is 2.37 bits per heavy atom. The van der Waals surface area contributed by atoms with Gasteiger partial charge in [-0.15, -0.1) is 0 Å². The molecule has 1 unspecified atom stereocenters. The van der Waals surface area contributed by atoms with Gasteiger partial charge in [0.05, 0.1) is 19.8 Å². The van der Waals surface area contributed by atoms with Gasteiger partial charge in [-0.25, -0.2) is 0 Å². The summed E-state index contributed by atoms with van der Waals surface area (Å²) in [6.07, 6.45) is 0.582. The zero-order valence-electron chi connectivity index (χ0n) is 12.7. The van der Waals surface area contributed by atoms with Crippen molar-refractivity contribution in [1.82, 2.24) is 0 Å². The summed E-state index contributed by atoms with van der Waals surface area (Å²) in [5.74, 6) is 0.906. The van der Waals surface area contributed by atoms with E-state index in [1.807, 2.05) is 0 Å². The first kappa shape index (κ1) is 16.0. The van der Waals surface area contributed by atoms with Crippen molar-refractivity contribution >= 4 is 0 Å². The van der Waals surface area contributed by atoms with Crippen LogP contribution in [0.2, 0.25) is 0 Å². The number of aryl methyl sites for hydroxylation is 2. The molecule has 2 N–H and O–H groups in total. The molecule has 0 bridgehead atoms. The number of methoxy groups -OCH3 is 1. The maximum atomic E-state index is 9.49. The predicted molar refractivity (Wildman–Crippen MR) is 77.8 cm³/mol. The van der Waals surface area contributed by atoms with Gasteiger partial charge in [0.25, 0.3) is 0 Å². The lowest BCUT2D eigenvalue weighted by atomic mass is 9.83. The molecule has 0 aliphatic heterocycles. The minimum absolute atomic E-state index is 0.0156. The summed E-state index contributed by atoms with van der Waals surface area (Å²) in [6, 6.07) is 4.25. The molecule has 3 nitrogen and oxygen atoms in total. The highest BCUT2D eigenvalue weighted by Crippen LogP contribution is 2.35. The third-order valence-electron chi connectivity index (χ3n) is 3.28. The Hall–Kier alpha value is -1.06. The van der Waals surface area contributed by atoms with Crippen LogP contribution >= 0.6 is 0 Å². The Kier molecular flexibility index (Phi) is 5.39. The third kappa shape index (κ3) is 4.22. The highest BCUT2D eigenvalue weighted by Gasteiger charge is 2.21. The monoisotopic (exact) mass is 266 g/mol. The van der Waals surface area contributed by atoms with Crippen LogP contribution in [0.4, 0.5) is 0 Å². The van der Waals surface area contributed by atoms with Crippen molar-refractivity contribution in [1.29, 1.82) is 0 Å². The van der Waals surface area contributed by atoms with Gasteiger partial charge >= 0.3 is 0 Å². The number of ether oxygens (including phenoxy) is 1. The zero-order chi connectivity index (χ0) is 14.6. The van der Waals surface area contributed by atoms with Crippen molar-refractivity contribution in [3.05, 3.63) is 28.8 Å². The Labute approximate surface area is 116 Å². The summed E-state index contributed by atoms with van der Waals surface area (Å²) < 4.78 is 5.58. The minimum atomic E-state index is -0.664. The molecule has 1 atom stereocenters. The summed E-state index contributed by atoms with van der Waals surface area (Å²) in [5.41, 5.74) is 3.49. The van der Waals surface area contributed by atoms with Crippen molar-refractivity contribution in [2.75, 3.05) is 13.7 Å². The molecule has 0 aliphatic carbocycles. The van der Waals surface area contributed by atoms with E-state index in [9.17, 15) is 5.11 Å². The Bertz CT molecular complexity index is 419. The first-order chi connectivity index (χ1) is 8.79. The van der Waals surface area contributed by atoms with E-state index in [1.165, 1.54) is 11.1 Å². The van der Waals surface area contributed by atoms with Gasteiger partial charge < -0.3 is 14.9 Å². The van der Waals surface area contributed by atoms with Gasteiger partial charge in [-0.3, -0.25) is 0 Å². The number of benzene rings is 1. The topological polar surface area (TPSA) is 49.7 Å². The van der Waals surface area contributed by atoms with Crippen LogP contribution in [0.3, 0.4) is 0 Å². The van der Waals surface area contributed by atoms with Gasteiger partial charge in [0.1, 0.15) is 5.75 Å². The summed E-state index contributed by atoms with van der Waals surface area (Å²) in [4.78, 5) is 0. The van der Waals surface area contributed by atoms with E-state index in [1.54, 1.807) is 7.11 Å². The van der Waals surface area contributed by atoms with Crippen molar-refractivity contribution in [2.45, 2.75) is 52.1 Å². The first-order valence-electron chi connectivity index (χ1n) is 6.76. The molecular weight excluding hydrogens is 240 g/mol. The molecule has 0 amide bonds. The Morgan fingerprint density at radius 2 is 1.89 bits per heavy atom. The largest absolute Gasteiger partial charge is 0.496 e. The first-order valence-corrected chi connectivity index (χ1v) is 6.76. The van der Waals surface area contributed by atoms with Gasteiger partial charge in [0.2, 0.25) is 0 Å². The van der Waals surface area contributed by atoms with Gasteiger partial charge in [-0.2, -0.15) is 0 Å². The maximum Gasteiger partial charge on any atom is 0.125 e. The van der Waals surface area contributed by atoms with Gasteiger partial charge in [-0.1, -0.05) is 38.5 Å². The lowest BCUT2D eigenvalue weighted by Crippen LogP contribution is -2.16. The second-order valence-corrected chi connectivity index (χ2v) is 6.13. The molecule has 1 aromatic rings. The van der Waals surface area contributed by atoms with Crippen LogP contribution < -0.4 is 4.74 Å². The molecule has 19 heavy (non-hydrogen) atoms. The Morgan fingerprint density at radius 1 is 1.26 bits per heavy atom. The molecule has 1 aromatic carbocycles. The second kappa shape index (κ2) is 6.40. The van der Waals surface area contributed by atoms with E-state index < -0.39 is 6.10 Å². The summed E-state index contributed by atoms with van der Waals surface area (Å²) >= 11 is 0. The van der Waals surface area contributed by atoms with Crippen LogP contribution in [0.25, 0.3) is 0 Å². The molecule has 0 spiro atoms. The quantitative estimate of drug-likeness (QED) is 0.861. The Balaban J connectivity index is 3.13. The lowest BCUT2D eigenvalue weighted by molar-refractivity contribution is 0.0884. The predicted octanol–water partition coefficient (Wildman–Crippen LogP) is 2.59. The molecule has 108 valence electrons. The second-order valence-electron chi connectivity index (χ2n) is 6.13. The highest BCUT2D eigenvalue weighted by atomic mass is 16.5. The number of aliphatic hydroxyl groups is 2. The number of rotatable bonds is 5. The summed E-state index contributed by atoms with van der Waals surface area (Å²) in [7, 11) is 1.69. The third-order valence-corrected chi connectivity index (χ3v) is 3.28. The molecule has 1 rings (SSSR count). The van der Waals surface area contributed by atoms with Gasteiger partial charge in [0.15, 0.2) is 0 Å². The van der Waals surface area contributed by atoms with Crippen molar-refractivity contribution in [2.24, 2.45) is 0 Å². The average Bonchev–Trinajstić information content (AvgIpc) is 2.34. The van der Waals surface area contributed by atoms with Crippen molar-refractivity contribution in [3.8, 4) is 5.75 Å². The molecule has 0 saturated heterocycles. The van der Waals surface area contributed by atoms with Gasteiger partial charge in [-0.05, 0) is 30.7 Å². The molecule has 0 fully saturated rings. The fourth-order valence-electron chi connectivity index (χ4n) is 2.25. The standard InChI is InChI=1S/C16H26O3/c1-11-8-12(6-7-13(18)10-17)15(19-5)14(9-11)16(2,3)4/h8-9,13,17-18H,6-7,10H2,1-5H3. The number of hydrogen-bond acceptors (Lipinski definition) is 3. The highest BCUT2D eigenvalue weighted by molar-refractivity contribution is 5.47. The smallest absolute Gasteiger partial charge is 0.125 e. The lowest BCUT2D eigenvalue weighted by Gasteiger charge is -2.25. The molecule has 0 saturated carbocycles. The van der Waals surface area contributed by atoms with Crippen LogP contribution in [0, 0.1) is 6.92 Å². The maximum absolute atomic E-state index is 9.49. The fraction of sp³-hybridized carbons (Fsp3) is 0.625. The van der Waals surface area contributed by atoms with E-state index >= 15 is 0 Å². The molecule has 0 heterocycles. The molecule has 0 aliphatic rings. The summed E-state index contributed by atoms with van der Waals surface area (Å²) in [6.45, 7) is 8.37. The van der Waals surface area contributed by atoms with E-state index in [4.69, 9.17) is 9.84 Å². The van der Waals surface area contributed by atoms with Crippen LogP contribution in [0.15, 0.2) is 12.1 Å². The SMILES string of the molecule is COc1c(CCC(O)CO)cc(C)cc1C(C)(C)C. The average molecular weight is 266 g/mol. The number of aliphatic hydroxyl groups excluding tert-OH is 2. The van der Waals surface area contributed by atoms with Crippen molar-refractivity contribution in [3.63, 3.8) is 0 Å². The number of hydrogen-bond donors (Lipinski definition) is 2. The van der Waals surface area contributed by atoms with Crippen LogP contribution in [0.5, 0.6) is 5.75 Å². The van der Waals surface area contributed by atoms with E-state index in [2.05, 4.69) is 39.8 Å². The molecule has 0 aromatic heterocycles. The molecule has 0 radical (unpaired) electrons.